The molecule has 0 bridgehead atoms. The molecule has 1 aromatic heterocycles. The lowest BCUT2D eigenvalue weighted by Crippen LogP contribution is -2.20. The summed E-state index contributed by atoms with van der Waals surface area (Å²) >= 11 is 0. The molecular weight excluding hydrogens is 223 g/mol. The van der Waals surface area contributed by atoms with Gasteiger partial charge in [0.15, 0.2) is 11.6 Å². The van der Waals surface area contributed by atoms with E-state index >= 15 is 0 Å². The topological polar surface area (TPSA) is 48.1 Å². The molecule has 1 rings (SSSR count). The Balaban J connectivity index is 3.11. The number of alkyl halides is 3. The second kappa shape index (κ2) is 3.97. The van der Waals surface area contributed by atoms with E-state index in [4.69, 9.17) is 5.73 Å². The summed E-state index contributed by atoms with van der Waals surface area (Å²) in [5.41, 5.74) is 4.48. The summed E-state index contributed by atoms with van der Waals surface area (Å²) < 4.78 is 63.8. The molecule has 15 heavy (non-hydrogen) atoms. The minimum Gasteiger partial charge on any atom is -0.404 e. The van der Waals surface area contributed by atoms with Crippen molar-refractivity contribution in [1.82, 2.24) is 4.98 Å². The average molecular weight is 228 g/mol. The molecule has 0 aliphatic rings. The lowest BCUT2D eigenvalue weighted by molar-refractivity contribution is -0.275. The zero-order valence-corrected chi connectivity index (χ0v) is 7.11. The van der Waals surface area contributed by atoms with E-state index in [1.54, 1.807) is 0 Å². The lowest BCUT2D eigenvalue weighted by atomic mass is 10.3. The van der Waals surface area contributed by atoms with Gasteiger partial charge in [0.05, 0.1) is 5.69 Å². The molecule has 0 aromatic carbocycles. The summed E-state index contributed by atoms with van der Waals surface area (Å²) in [4.78, 5) is 2.88. The molecule has 2 N–H and O–H groups in total. The van der Waals surface area contributed by atoms with Crippen molar-refractivity contribution in [3.05, 3.63) is 23.5 Å². The normalized spacial score (nSPS) is 11.6. The van der Waals surface area contributed by atoms with E-state index in [2.05, 4.69) is 9.72 Å². The van der Waals surface area contributed by atoms with Crippen molar-refractivity contribution in [2.75, 3.05) is 0 Å². The molecular formula is C7H5F5N2O. The third kappa shape index (κ3) is 3.01. The quantitative estimate of drug-likeness (QED) is 0.619. The van der Waals surface area contributed by atoms with Gasteiger partial charge < -0.3 is 10.5 Å². The van der Waals surface area contributed by atoms with E-state index in [1.807, 2.05) is 0 Å². The van der Waals surface area contributed by atoms with Crippen molar-refractivity contribution in [1.29, 1.82) is 0 Å². The molecule has 0 fully saturated rings. The van der Waals surface area contributed by atoms with Gasteiger partial charge in [-0.25, -0.2) is 9.37 Å². The van der Waals surface area contributed by atoms with Crippen LogP contribution in [-0.4, -0.2) is 11.3 Å². The third-order valence-electron chi connectivity index (χ3n) is 1.39. The van der Waals surface area contributed by atoms with Crippen molar-refractivity contribution in [3.63, 3.8) is 0 Å². The van der Waals surface area contributed by atoms with Gasteiger partial charge in [-0.2, -0.15) is 4.39 Å². The van der Waals surface area contributed by atoms with E-state index in [0.29, 0.717) is 0 Å². The number of hydrogen-bond acceptors (Lipinski definition) is 3. The van der Waals surface area contributed by atoms with E-state index in [1.165, 1.54) is 0 Å². The van der Waals surface area contributed by atoms with Gasteiger partial charge in [-0.15, -0.1) is 13.2 Å². The van der Waals surface area contributed by atoms with E-state index in [0.717, 1.165) is 0 Å². The molecule has 0 saturated heterocycles. The maximum atomic E-state index is 12.5. The Kier molecular flexibility index (Phi) is 3.08. The zero-order chi connectivity index (χ0) is 11.6. The van der Waals surface area contributed by atoms with Crippen LogP contribution in [0.2, 0.25) is 0 Å². The molecule has 0 radical (unpaired) electrons. The van der Waals surface area contributed by atoms with Crippen LogP contribution in [0.5, 0.6) is 5.75 Å². The maximum absolute atomic E-state index is 12.5. The number of aromatic nitrogens is 1. The van der Waals surface area contributed by atoms with Crippen LogP contribution in [0.15, 0.2) is 6.07 Å². The Bertz CT molecular complexity index is 365. The lowest BCUT2D eigenvalue weighted by Gasteiger charge is -2.11. The third-order valence-corrected chi connectivity index (χ3v) is 1.39. The Morgan fingerprint density at radius 3 is 2.40 bits per heavy atom. The standard InChI is InChI=1S/C7H5F5N2O/c8-3-1-5(15-7(10,11)12)4(2-13)14-6(3)9/h1H,2,13H2. The van der Waals surface area contributed by atoms with Crippen molar-refractivity contribution >= 4 is 0 Å². The molecule has 84 valence electrons. The van der Waals surface area contributed by atoms with Crippen molar-refractivity contribution in [2.24, 2.45) is 5.73 Å². The fourth-order valence-electron chi connectivity index (χ4n) is 0.844. The highest BCUT2D eigenvalue weighted by molar-refractivity contribution is 5.28. The molecule has 0 atom stereocenters. The number of hydrogen-bond donors (Lipinski definition) is 1. The van der Waals surface area contributed by atoms with E-state index in [9.17, 15) is 22.0 Å². The number of ether oxygens (including phenoxy) is 1. The summed E-state index contributed by atoms with van der Waals surface area (Å²) in [6, 6.07) is 0.248. The molecule has 1 heterocycles. The number of pyridine rings is 1. The minimum atomic E-state index is -5.00. The van der Waals surface area contributed by atoms with Gasteiger partial charge >= 0.3 is 6.36 Å². The Morgan fingerprint density at radius 2 is 1.93 bits per heavy atom. The van der Waals surface area contributed by atoms with Crippen LogP contribution in [0.4, 0.5) is 22.0 Å². The van der Waals surface area contributed by atoms with Crippen LogP contribution >= 0.6 is 0 Å². The van der Waals surface area contributed by atoms with Crippen LogP contribution in [0.25, 0.3) is 0 Å². The maximum Gasteiger partial charge on any atom is 0.573 e. The van der Waals surface area contributed by atoms with Crippen molar-refractivity contribution in [3.8, 4) is 5.75 Å². The largest absolute Gasteiger partial charge is 0.573 e. The predicted octanol–water partition coefficient (Wildman–Crippen LogP) is 1.72. The van der Waals surface area contributed by atoms with Gasteiger partial charge in [-0.05, 0) is 0 Å². The van der Waals surface area contributed by atoms with Gasteiger partial charge in [0, 0.05) is 12.6 Å². The molecule has 3 nitrogen and oxygen atoms in total. The first-order chi connectivity index (χ1) is 6.83. The highest BCUT2D eigenvalue weighted by Crippen LogP contribution is 2.26. The number of halogens is 5. The Hall–Kier alpha value is -1.44. The molecule has 0 aliphatic heterocycles. The molecule has 0 unspecified atom stereocenters. The van der Waals surface area contributed by atoms with E-state index < -0.39 is 36.1 Å². The first-order valence-electron chi connectivity index (χ1n) is 3.64. The van der Waals surface area contributed by atoms with Crippen LogP contribution in [-0.2, 0) is 6.54 Å². The smallest absolute Gasteiger partial charge is 0.404 e. The van der Waals surface area contributed by atoms with Gasteiger partial charge in [0.2, 0.25) is 5.95 Å². The van der Waals surface area contributed by atoms with Crippen LogP contribution in [0.3, 0.4) is 0 Å². The zero-order valence-electron chi connectivity index (χ0n) is 7.11. The minimum absolute atomic E-state index is 0.248. The van der Waals surface area contributed by atoms with Gasteiger partial charge in [-0.3, -0.25) is 0 Å². The van der Waals surface area contributed by atoms with Crippen molar-refractivity contribution < 1.29 is 26.7 Å². The first-order valence-corrected chi connectivity index (χ1v) is 3.64. The van der Waals surface area contributed by atoms with Crippen LogP contribution in [0.1, 0.15) is 5.69 Å². The molecule has 0 spiro atoms. The number of nitrogens with zero attached hydrogens (tertiary/aromatic N) is 1. The van der Waals surface area contributed by atoms with E-state index in [-0.39, 0.29) is 6.07 Å². The number of rotatable bonds is 2. The number of nitrogens with two attached hydrogens (primary N) is 1. The Morgan fingerprint density at radius 1 is 1.33 bits per heavy atom. The SMILES string of the molecule is NCc1nc(F)c(F)cc1OC(F)(F)F. The summed E-state index contributed by atoms with van der Waals surface area (Å²) in [6.45, 7) is -0.497. The van der Waals surface area contributed by atoms with Gasteiger partial charge in [0.1, 0.15) is 0 Å². The van der Waals surface area contributed by atoms with Gasteiger partial charge in [-0.1, -0.05) is 0 Å². The molecule has 0 saturated carbocycles. The summed E-state index contributed by atoms with van der Waals surface area (Å²) in [6.07, 6.45) is -5.00. The molecule has 0 amide bonds. The average Bonchev–Trinajstić information content (AvgIpc) is 2.08. The molecule has 0 aliphatic carbocycles. The summed E-state index contributed by atoms with van der Waals surface area (Å²) in [5, 5.41) is 0. The highest BCUT2D eigenvalue weighted by atomic mass is 19.4. The highest BCUT2D eigenvalue weighted by Gasteiger charge is 2.32. The Labute approximate surface area is 80.7 Å². The second-order valence-electron chi connectivity index (χ2n) is 2.46. The summed E-state index contributed by atoms with van der Waals surface area (Å²) in [7, 11) is 0. The van der Waals surface area contributed by atoms with Crippen LogP contribution < -0.4 is 10.5 Å². The van der Waals surface area contributed by atoms with Gasteiger partial charge in [0.25, 0.3) is 0 Å². The van der Waals surface area contributed by atoms with Crippen LogP contribution in [0, 0.1) is 11.8 Å². The summed E-state index contributed by atoms with van der Waals surface area (Å²) in [5.74, 6) is -4.00. The fraction of sp³-hybridized carbons (Fsp3) is 0.286. The first kappa shape index (κ1) is 11.6. The predicted molar refractivity (Wildman–Crippen MR) is 38.7 cm³/mol. The molecule has 1 aromatic rings. The fourth-order valence-corrected chi connectivity index (χ4v) is 0.844. The van der Waals surface area contributed by atoms with Crippen molar-refractivity contribution in [2.45, 2.75) is 12.9 Å². The molecule has 8 heteroatoms. The monoisotopic (exact) mass is 228 g/mol. The second-order valence-corrected chi connectivity index (χ2v) is 2.46.